The number of hydrogen-bond donors (Lipinski definition) is 1. The molecular formula is C11H22O. The minimum absolute atomic E-state index is 0.272. The predicted octanol–water partition coefficient (Wildman–Crippen LogP) is 2.97. The van der Waals surface area contributed by atoms with Crippen molar-refractivity contribution in [3.63, 3.8) is 0 Å². The lowest BCUT2D eigenvalue weighted by Crippen LogP contribution is -2.24. The molecule has 0 aliphatic heterocycles. The molecule has 1 aliphatic rings. The number of hydrogen-bond acceptors (Lipinski definition) is 1. The van der Waals surface area contributed by atoms with Crippen LogP contribution >= 0.6 is 0 Å². The van der Waals surface area contributed by atoms with Crippen molar-refractivity contribution in [2.24, 2.45) is 11.8 Å². The molecule has 1 fully saturated rings. The van der Waals surface area contributed by atoms with Gasteiger partial charge >= 0.3 is 0 Å². The first kappa shape index (κ1) is 10.0. The van der Waals surface area contributed by atoms with E-state index in [1.54, 1.807) is 0 Å². The van der Waals surface area contributed by atoms with Gasteiger partial charge in [0.25, 0.3) is 0 Å². The van der Waals surface area contributed by atoms with Gasteiger partial charge in [-0.25, -0.2) is 0 Å². The molecule has 1 N–H and O–H groups in total. The summed E-state index contributed by atoms with van der Waals surface area (Å²) < 4.78 is 0. The van der Waals surface area contributed by atoms with E-state index in [1.165, 1.54) is 25.7 Å². The molecule has 1 nitrogen and oxygen atoms in total. The molecule has 0 aromatic heterocycles. The van der Waals surface area contributed by atoms with E-state index in [2.05, 4.69) is 20.8 Å². The van der Waals surface area contributed by atoms with Gasteiger partial charge in [-0.3, -0.25) is 0 Å². The topological polar surface area (TPSA) is 20.2 Å². The molecule has 2 unspecified atom stereocenters. The SMILES string of the molecule is CCCC(CCC)C1(O)CC1C. The van der Waals surface area contributed by atoms with Crippen LogP contribution < -0.4 is 0 Å². The van der Waals surface area contributed by atoms with E-state index >= 15 is 0 Å². The lowest BCUT2D eigenvalue weighted by Gasteiger charge is -2.22. The third-order valence-corrected chi connectivity index (χ3v) is 3.31. The average Bonchev–Trinajstić information content (AvgIpc) is 2.61. The number of rotatable bonds is 5. The van der Waals surface area contributed by atoms with Crippen molar-refractivity contribution < 1.29 is 5.11 Å². The lowest BCUT2D eigenvalue weighted by molar-refractivity contribution is 0.0574. The van der Waals surface area contributed by atoms with Crippen molar-refractivity contribution in [1.29, 1.82) is 0 Å². The summed E-state index contributed by atoms with van der Waals surface area (Å²) in [5.41, 5.74) is -0.272. The molecule has 12 heavy (non-hydrogen) atoms. The highest BCUT2D eigenvalue weighted by Gasteiger charge is 2.53. The summed E-state index contributed by atoms with van der Waals surface area (Å²) in [5.74, 6) is 1.13. The second-order valence-corrected chi connectivity index (χ2v) is 4.37. The van der Waals surface area contributed by atoms with Crippen molar-refractivity contribution in [2.45, 2.75) is 58.5 Å². The highest BCUT2D eigenvalue weighted by Crippen LogP contribution is 2.51. The fraction of sp³-hybridized carbons (Fsp3) is 1.00. The maximum Gasteiger partial charge on any atom is 0.0705 e. The molecule has 0 bridgehead atoms. The third-order valence-electron chi connectivity index (χ3n) is 3.31. The molecule has 0 saturated heterocycles. The molecule has 0 spiro atoms. The highest BCUT2D eigenvalue weighted by atomic mass is 16.3. The van der Waals surface area contributed by atoms with Crippen LogP contribution in [-0.2, 0) is 0 Å². The Balaban J connectivity index is 2.42. The Morgan fingerprint density at radius 2 is 1.75 bits per heavy atom. The van der Waals surface area contributed by atoms with Crippen LogP contribution in [0.25, 0.3) is 0 Å². The summed E-state index contributed by atoms with van der Waals surface area (Å²) in [6.45, 7) is 6.58. The molecule has 0 heterocycles. The van der Waals surface area contributed by atoms with E-state index in [1.807, 2.05) is 0 Å². The van der Waals surface area contributed by atoms with Gasteiger partial charge in [-0.05, 0) is 31.1 Å². The van der Waals surface area contributed by atoms with Gasteiger partial charge in [-0.2, -0.15) is 0 Å². The van der Waals surface area contributed by atoms with E-state index in [9.17, 15) is 5.11 Å². The van der Waals surface area contributed by atoms with Gasteiger partial charge in [-0.1, -0.05) is 33.6 Å². The minimum atomic E-state index is -0.272. The monoisotopic (exact) mass is 170 g/mol. The van der Waals surface area contributed by atoms with E-state index in [0.717, 1.165) is 6.42 Å². The molecule has 1 saturated carbocycles. The molecule has 0 amide bonds. The first-order chi connectivity index (χ1) is 5.65. The van der Waals surface area contributed by atoms with Gasteiger partial charge in [-0.15, -0.1) is 0 Å². The smallest absolute Gasteiger partial charge is 0.0705 e. The third kappa shape index (κ3) is 1.82. The Labute approximate surface area is 76.2 Å². The zero-order chi connectivity index (χ0) is 9.19. The van der Waals surface area contributed by atoms with Crippen molar-refractivity contribution in [3.05, 3.63) is 0 Å². The fourth-order valence-electron chi connectivity index (χ4n) is 2.34. The van der Waals surface area contributed by atoms with Crippen LogP contribution in [0.4, 0.5) is 0 Å². The van der Waals surface area contributed by atoms with Gasteiger partial charge < -0.3 is 5.11 Å². The minimum Gasteiger partial charge on any atom is -0.389 e. The van der Waals surface area contributed by atoms with Gasteiger partial charge in [0.05, 0.1) is 5.60 Å². The Morgan fingerprint density at radius 1 is 1.33 bits per heavy atom. The summed E-state index contributed by atoms with van der Waals surface area (Å²) in [4.78, 5) is 0. The van der Waals surface area contributed by atoms with E-state index < -0.39 is 0 Å². The fourth-order valence-corrected chi connectivity index (χ4v) is 2.34. The van der Waals surface area contributed by atoms with Gasteiger partial charge in [0, 0.05) is 0 Å². The summed E-state index contributed by atoms with van der Waals surface area (Å²) in [7, 11) is 0. The summed E-state index contributed by atoms with van der Waals surface area (Å²) in [6, 6.07) is 0. The normalized spacial score (nSPS) is 34.2. The van der Waals surface area contributed by atoms with Crippen molar-refractivity contribution in [2.75, 3.05) is 0 Å². The molecule has 2 atom stereocenters. The van der Waals surface area contributed by atoms with Crippen molar-refractivity contribution >= 4 is 0 Å². The van der Waals surface area contributed by atoms with Crippen LogP contribution in [0.3, 0.4) is 0 Å². The number of aliphatic hydroxyl groups is 1. The zero-order valence-corrected chi connectivity index (χ0v) is 8.64. The quantitative estimate of drug-likeness (QED) is 0.672. The molecule has 1 aliphatic carbocycles. The Morgan fingerprint density at radius 3 is 2.00 bits per heavy atom. The predicted molar refractivity (Wildman–Crippen MR) is 52.0 cm³/mol. The molecule has 1 rings (SSSR count). The molecule has 1 heteroatoms. The van der Waals surface area contributed by atoms with Crippen LogP contribution in [0.15, 0.2) is 0 Å². The van der Waals surface area contributed by atoms with Gasteiger partial charge in [0.15, 0.2) is 0 Å². The summed E-state index contributed by atoms with van der Waals surface area (Å²) in [5, 5.41) is 10.1. The summed E-state index contributed by atoms with van der Waals surface area (Å²) >= 11 is 0. The average molecular weight is 170 g/mol. The molecule has 72 valence electrons. The summed E-state index contributed by atoms with van der Waals surface area (Å²) in [6.07, 6.45) is 5.86. The Kier molecular flexibility index (Phi) is 3.16. The van der Waals surface area contributed by atoms with Crippen LogP contribution in [0.5, 0.6) is 0 Å². The first-order valence-electron chi connectivity index (χ1n) is 5.37. The Hall–Kier alpha value is -0.0400. The molecule has 0 radical (unpaired) electrons. The zero-order valence-electron chi connectivity index (χ0n) is 8.64. The van der Waals surface area contributed by atoms with Crippen LogP contribution in [-0.4, -0.2) is 10.7 Å². The standard InChI is InChI=1S/C11H22O/c1-4-6-10(7-5-2)11(12)8-9(11)3/h9-10,12H,4-8H2,1-3H3. The van der Waals surface area contributed by atoms with E-state index in [0.29, 0.717) is 11.8 Å². The van der Waals surface area contributed by atoms with Crippen molar-refractivity contribution in [3.8, 4) is 0 Å². The molecule has 0 aromatic rings. The van der Waals surface area contributed by atoms with Crippen LogP contribution in [0.2, 0.25) is 0 Å². The van der Waals surface area contributed by atoms with E-state index in [-0.39, 0.29) is 5.60 Å². The Bertz CT molecular complexity index is 138. The maximum atomic E-state index is 10.1. The first-order valence-corrected chi connectivity index (χ1v) is 5.37. The van der Waals surface area contributed by atoms with Crippen LogP contribution in [0.1, 0.15) is 52.9 Å². The maximum absolute atomic E-state index is 10.1. The second-order valence-electron chi connectivity index (χ2n) is 4.37. The molecular weight excluding hydrogens is 148 g/mol. The van der Waals surface area contributed by atoms with Crippen molar-refractivity contribution in [1.82, 2.24) is 0 Å². The van der Waals surface area contributed by atoms with Crippen LogP contribution in [0, 0.1) is 11.8 Å². The van der Waals surface area contributed by atoms with Gasteiger partial charge in [0.1, 0.15) is 0 Å². The van der Waals surface area contributed by atoms with E-state index in [4.69, 9.17) is 0 Å². The van der Waals surface area contributed by atoms with Gasteiger partial charge in [0.2, 0.25) is 0 Å². The largest absolute Gasteiger partial charge is 0.389 e. The highest BCUT2D eigenvalue weighted by molar-refractivity contribution is 5.04. The second kappa shape index (κ2) is 3.78. The molecule has 0 aromatic carbocycles. The lowest BCUT2D eigenvalue weighted by atomic mass is 9.89.